The van der Waals surface area contributed by atoms with Gasteiger partial charge in [-0.3, -0.25) is 0 Å². The summed E-state index contributed by atoms with van der Waals surface area (Å²) in [4.78, 5) is -0.583. The fourth-order valence-corrected chi connectivity index (χ4v) is 4.50. The van der Waals surface area contributed by atoms with Crippen LogP contribution in [0.4, 0.5) is 26.3 Å². The Morgan fingerprint density at radius 2 is 0.788 bits per heavy atom. The quantitative estimate of drug-likeness (QED) is 0.266. The van der Waals surface area contributed by atoms with Crippen molar-refractivity contribution in [2.75, 3.05) is 0 Å². The minimum Gasteiger partial charge on any atom is -0.166 e. The van der Waals surface area contributed by atoms with Crippen molar-refractivity contribution in [3.05, 3.63) is 108 Å². The summed E-state index contributed by atoms with van der Waals surface area (Å²) in [5.41, 5.74) is -0.112. The molecule has 0 aliphatic carbocycles. The zero-order valence-corrected chi connectivity index (χ0v) is 17.7. The molecule has 168 valence electrons. The minimum atomic E-state index is -4.73. The summed E-state index contributed by atoms with van der Waals surface area (Å²) in [6.07, 6.45) is -9.45. The van der Waals surface area contributed by atoms with E-state index in [9.17, 15) is 26.3 Å². The third-order valence-corrected chi connectivity index (χ3v) is 6.16. The Kier molecular flexibility index (Phi) is 6.26. The molecule has 0 aliphatic heterocycles. The summed E-state index contributed by atoms with van der Waals surface area (Å²) in [5.74, 6) is 0. The van der Waals surface area contributed by atoms with Crippen LogP contribution in [-0.2, 0) is 12.4 Å². The Labute approximate surface area is 190 Å². The molecule has 0 nitrogen and oxygen atoms in total. The molecule has 0 heterocycles. The first-order valence-corrected chi connectivity index (χ1v) is 10.7. The largest absolute Gasteiger partial charge is 0.417 e. The Morgan fingerprint density at radius 3 is 1.12 bits per heavy atom. The summed E-state index contributed by atoms with van der Waals surface area (Å²) in [6.45, 7) is 0. The van der Waals surface area contributed by atoms with Crippen LogP contribution in [-0.4, -0.2) is 0 Å². The Hall–Kier alpha value is -3.19. The molecule has 0 unspecified atom stereocenters. The molecule has 0 radical (unpaired) electrons. The molecular formula is C26H16F6S. The van der Waals surface area contributed by atoms with E-state index in [2.05, 4.69) is 0 Å². The maximum Gasteiger partial charge on any atom is 0.417 e. The van der Waals surface area contributed by atoms with Crippen molar-refractivity contribution in [2.45, 2.75) is 22.1 Å². The standard InChI is InChI=1S/C26H16F6S/c27-25(28,29)21-15-19(17-7-3-1-4-8-17)11-13-23(21)33-24-14-12-20(16-22(24)26(30,31)32)18-9-5-2-6-10-18/h1-16H. The monoisotopic (exact) mass is 474 g/mol. The molecule has 33 heavy (non-hydrogen) atoms. The van der Waals surface area contributed by atoms with E-state index >= 15 is 0 Å². The first-order valence-electron chi connectivity index (χ1n) is 9.84. The van der Waals surface area contributed by atoms with Gasteiger partial charge in [-0.2, -0.15) is 26.3 Å². The fourth-order valence-electron chi connectivity index (χ4n) is 3.42. The third-order valence-electron chi connectivity index (χ3n) is 5.00. The van der Waals surface area contributed by atoms with E-state index in [1.165, 1.54) is 24.3 Å². The minimum absolute atomic E-state index is 0.292. The van der Waals surface area contributed by atoms with Gasteiger partial charge in [-0.15, -0.1) is 0 Å². The lowest BCUT2D eigenvalue weighted by Gasteiger charge is -2.18. The van der Waals surface area contributed by atoms with E-state index in [4.69, 9.17) is 0 Å². The number of hydrogen-bond acceptors (Lipinski definition) is 1. The van der Waals surface area contributed by atoms with Crippen LogP contribution in [0.3, 0.4) is 0 Å². The molecule has 0 spiro atoms. The second-order valence-corrected chi connectivity index (χ2v) is 8.34. The molecule has 0 bridgehead atoms. The third kappa shape index (κ3) is 5.25. The molecule has 4 aromatic carbocycles. The molecule has 0 N–H and O–H groups in total. The summed E-state index contributed by atoms with van der Waals surface area (Å²) in [5, 5.41) is 0. The maximum absolute atomic E-state index is 13.8. The van der Waals surface area contributed by atoms with Crippen LogP contribution in [0.2, 0.25) is 0 Å². The van der Waals surface area contributed by atoms with E-state index in [-0.39, 0.29) is 9.79 Å². The molecule has 0 saturated carbocycles. The predicted molar refractivity (Wildman–Crippen MR) is 118 cm³/mol. The van der Waals surface area contributed by atoms with Crippen molar-refractivity contribution in [3.63, 3.8) is 0 Å². The van der Waals surface area contributed by atoms with Crippen LogP contribution in [0.15, 0.2) is 107 Å². The SMILES string of the molecule is FC(F)(F)c1cc(-c2ccccc2)ccc1Sc1ccc(-c2ccccc2)cc1C(F)(F)F. The van der Waals surface area contributed by atoms with Crippen molar-refractivity contribution in [1.29, 1.82) is 0 Å². The second-order valence-electron chi connectivity index (χ2n) is 7.25. The van der Waals surface area contributed by atoms with Crippen LogP contribution in [0, 0.1) is 0 Å². The van der Waals surface area contributed by atoms with E-state index in [1.807, 2.05) is 0 Å². The van der Waals surface area contributed by atoms with E-state index < -0.39 is 23.5 Å². The Bertz CT molecular complexity index is 1150. The summed E-state index contributed by atoms with van der Waals surface area (Å²) in [6, 6.07) is 24.4. The first-order chi connectivity index (χ1) is 15.6. The van der Waals surface area contributed by atoms with Gasteiger partial charge in [0.1, 0.15) is 0 Å². The Morgan fingerprint density at radius 1 is 0.424 bits per heavy atom. The van der Waals surface area contributed by atoms with Gasteiger partial charge in [0, 0.05) is 9.79 Å². The van der Waals surface area contributed by atoms with Gasteiger partial charge in [0.25, 0.3) is 0 Å². The van der Waals surface area contributed by atoms with Crippen LogP contribution >= 0.6 is 11.8 Å². The summed E-state index contributed by atoms with van der Waals surface area (Å²) < 4.78 is 83.0. The van der Waals surface area contributed by atoms with Gasteiger partial charge < -0.3 is 0 Å². The molecule has 0 aromatic heterocycles. The number of alkyl halides is 6. The number of hydrogen-bond donors (Lipinski definition) is 0. The molecule has 0 atom stereocenters. The zero-order chi connectivity index (χ0) is 23.6. The van der Waals surface area contributed by atoms with Crippen molar-refractivity contribution < 1.29 is 26.3 Å². The van der Waals surface area contributed by atoms with Crippen molar-refractivity contribution >= 4 is 11.8 Å². The van der Waals surface area contributed by atoms with Gasteiger partial charge in [-0.25, -0.2) is 0 Å². The van der Waals surface area contributed by atoms with Gasteiger partial charge in [0.05, 0.1) is 11.1 Å². The van der Waals surface area contributed by atoms with Gasteiger partial charge in [-0.1, -0.05) is 84.6 Å². The molecule has 0 aliphatic rings. The van der Waals surface area contributed by atoms with Crippen molar-refractivity contribution in [2.24, 2.45) is 0 Å². The fraction of sp³-hybridized carbons (Fsp3) is 0.0769. The number of benzene rings is 4. The van der Waals surface area contributed by atoms with E-state index in [1.54, 1.807) is 60.7 Å². The average molecular weight is 474 g/mol. The molecule has 0 fully saturated rings. The maximum atomic E-state index is 13.8. The highest BCUT2D eigenvalue weighted by Gasteiger charge is 2.37. The van der Waals surface area contributed by atoms with Gasteiger partial charge in [0.15, 0.2) is 0 Å². The van der Waals surface area contributed by atoms with Crippen LogP contribution < -0.4 is 0 Å². The molecule has 4 aromatic rings. The normalized spacial score (nSPS) is 12.1. The van der Waals surface area contributed by atoms with E-state index in [0.29, 0.717) is 34.0 Å². The molecule has 7 heteroatoms. The molecular weight excluding hydrogens is 458 g/mol. The van der Waals surface area contributed by atoms with Gasteiger partial charge in [0.2, 0.25) is 0 Å². The molecule has 0 saturated heterocycles. The van der Waals surface area contributed by atoms with Gasteiger partial charge in [-0.05, 0) is 46.5 Å². The smallest absolute Gasteiger partial charge is 0.166 e. The predicted octanol–water partition coefficient (Wildman–Crippen LogP) is 9.21. The highest BCUT2D eigenvalue weighted by molar-refractivity contribution is 7.99. The topological polar surface area (TPSA) is 0 Å². The summed E-state index contributed by atoms with van der Waals surface area (Å²) >= 11 is 0.462. The van der Waals surface area contributed by atoms with Gasteiger partial charge >= 0.3 is 12.4 Å². The molecule has 0 amide bonds. The number of halogens is 6. The zero-order valence-electron chi connectivity index (χ0n) is 16.9. The van der Waals surface area contributed by atoms with Crippen LogP contribution in [0.1, 0.15) is 11.1 Å². The lowest BCUT2D eigenvalue weighted by Crippen LogP contribution is -2.09. The summed E-state index contributed by atoms with van der Waals surface area (Å²) in [7, 11) is 0. The van der Waals surface area contributed by atoms with Crippen molar-refractivity contribution in [3.8, 4) is 22.3 Å². The first kappa shape index (κ1) is 23.0. The average Bonchev–Trinajstić information content (AvgIpc) is 2.79. The highest BCUT2D eigenvalue weighted by Crippen LogP contribution is 2.45. The van der Waals surface area contributed by atoms with Crippen LogP contribution in [0.25, 0.3) is 22.3 Å². The highest BCUT2D eigenvalue weighted by atomic mass is 32.2. The lowest BCUT2D eigenvalue weighted by molar-refractivity contribution is -0.140. The Balaban J connectivity index is 1.78. The van der Waals surface area contributed by atoms with Crippen molar-refractivity contribution in [1.82, 2.24) is 0 Å². The molecule has 4 rings (SSSR count). The lowest BCUT2D eigenvalue weighted by atomic mass is 10.0. The second kappa shape index (κ2) is 8.98. The van der Waals surface area contributed by atoms with Crippen LogP contribution in [0.5, 0.6) is 0 Å². The van der Waals surface area contributed by atoms with E-state index in [0.717, 1.165) is 12.1 Å². The number of rotatable bonds is 4.